The summed E-state index contributed by atoms with van der Waals surface area (Å²) in [6, 6.07) is 83.5. The minimum atomic E-state index is 1.10. The first-order valence-electron chi connectivity index (χ1n) is 19.9. The van der Waals surface area contributed by atoms with Gasteiger partial charge in [-0.1, -0.05) is 164 Å². The van der Waals surface area contributed by atoms with Crippen molar-refractivity contribution in [3.8, 4) is 39.1 Å². The lowest BCUT2D eigenvalue weighted by atomic mass is 9.86. The Balaban J connectivity index is 0.989. The van der Waals surface area contributed by atoms with Crippen LogP contribution in [-0.2, 0) is 0 Å². The summed E-state index contributed by atoms with van der Waals surface area (Å²) in [6.07, 6.45) is 0. The predicted octanol–water partition coefficient (Wildman–Crippen LogP) is 15.6. The topological polar surface area (TPSA) is 8.17 Å². The maximum Gasteiger partial charge on any atom is 0.0541 e. The van der Waals surface area contributed by atoms with E-state index in [-0.39, 0.29) is 0 Å². The molecule has 0 radical (unpaired) electrons. The molecule has 0 aliphatic heterocycles. The van der Waals surface area contributed by atoms with E-state index < -0.39 is 0 Å². The van der Waals surface area contributed by atoms with Gasteiger partial charge in [-0.2, -0.15) is 0 Å². The second-order valence-electron chi connectivity index (χ2n) is 14.9. The Morgan fingerprint density at radius 1 is 0.259 bits per heavy atom. The summed E-state index contributed by atoms with van der Waals surface area (Å²) in [5.74, 6) is 0. The Bertz CT molecular complexity index is 3180. The number of benzene rings is 10. The van der Waals surface area contributed by atoms with Gasteiger partial charge in [0, 0.05) is 33.5 Å². The number of hydrogen-bond acceptors (Lipinski definition) is 1. The third kappa shape index (κ3) is 5.66. The van der Waals surface area contributed by atoms with Crippen molar-refractivity contribution in [3.63, 3.8) is 0 Å². The lowest BCUT2D eigenvalue weighted by molar-refractivity contribution is 1.18. The second kappa shape index (κ2) is 14.1. The van der Waals surface area contributed by atoms with Gasteiger partial charge in [-0.3, -0.25) is 0 Å². The number of aromatic nitrogens is 1. The molecular formula is C56H38N2. The van der Waals surface area contributed by atoms with Crippen molar-refractivity contribution in [2.45, 2.75) is 0 Å². The van der Waals surface area contributed by atoms with Gasteiger partial charge in [0.15, 0.2) is 0 Å². The van der Waals surface area contributed by atoms with E-state index in [2.05, 4.69) is 240 Å². The number of fused-ring (bicyclic) bond motifs is 5. The molecule has 0 bridgehead atoms. The zero-order valence-corrected chi connectivity index (χ0v) is 31.8. The molecule has 0 unspecified atom stereocenters. The monoisotopic (exact) mass is 738 g/mol. The molecule has 1 heterocycles. The Hall–Kier alpha value is -7.68. The third-order valence-corrected chi connectivity index (χ3v) is 11.6. The molecule has 2 heteroatoms. The highest BCUT2D eigenvalue weighted by atomic mass is 15.1. The molecule has 0 saturated heterocycles. The van der Waals surface area contributed by atoms with Gasteiger partial charge in [-0.05, 0) is 122 Å². The van der Waals surface area contributed by atoms with Gasteiger partial charge in [-0.25, -0.2) is 0 Å². The Morgan fingerprint density at radius 2 is 0.655 bits per heavy atom. The molecule has 0 amide bonds. The fraction of sp³-hybridized carbons (Fsp3) is 0. The van der Waals surface area contributed by atoms with Crippen LogP contribution in [0.25, 0.3) is 82.4 Å². The average molecular weight is 739 g/mol. The molecule has 58 heavy (non-hydrogen) atoms. The smallest absolute Gasteiger partial charge is 0.0541 e. The number of para-hydroxylation sites is 3. The van der Waals surface area contributed by atoms with Crippen LogP contribution in [0.1, 0.15) is 0 Å². The highest BCUT2D eigenvalue weighted by Gasteiger charge is 2.19. The van der Waals surface area contributed by atoms with Crippen molar-refractivity contribution in [2.75, 3.05) is 4.90 Å². The van der Waals surface area contributed by atoms with Crippen LogP contribution in [0.2, 0.25) is 0 Å². The quantitative estimate of drug-likeness (QED) is 0.148. The summed E-state index contributed by atoms with van der Waals surface area (Å²) < 4.78 is 2.37. The van der Waals surface area contributed by atoms with Crippen molar-refractivity contribution in [2.24, 2.45) is 0 Å². The normalized spacial score (nSPS) is 11.4. The molecule has 0 atom stereocenters. The third-order valence-electron chi connectivity index (χ3n) is 11.6. The predicted molar refractivity (Wildman–Crippen MR) is 247 cm³/mol. The average Bonchev–Trinajstić information content (AvgIpc) is 3.63. The van der Waals surface area contributed by atoms with Gasteiger partial charge >= 0.3 is 0 Å². The van der Waals surface area contributed by atoms with E-state index in [1.54, 1.807) is 0 Å². The first-order chi connectivity index (χ1) is 28.8. The minimum Gasteiger partial charge on any atom is -0.311 e. The van der Waals surface area contributed by atoms with E-state index in [1.807, 2.05) is 0 Å². The SMILES string of the molecule is c1ccc(-c2c3ccccc3c(-c3ccc(N(c4ccccc4)c4ccc(-c5ccc6c(c5)c5ccccc5n6-c5ccccc5)cc4)cc3)c3ccccc23)cc1. The van der Waals surface area contributed by atoms with Gasteiger partial charge in [-0.15, -0.1) is 0 Å². The van der Waals surface area contributed by atoms with Gasteiger partial charge in [0.1, 0.15) is 0 Å². The van der Waals surface area contributed by atoms with Crippen LogP contribution in [0.4, 0.5) is 17.1 Å². The molecule has 11 rings (SSSR count). The van der Waals surface area contributed by atoms with Crippen LogP contribution in [-0.4, -0.2) is 4.57 Å². The number of anilines is 3. The van der Waals surface area contributed by atoms with Crippen LogP contribution in [0.5, 0.6) is 0 Å². The van der Waals surface area contributed by atoms with E-state index in [9.17, 15) is 0 Å². The lowest BCUT2D eigenvalue weighted by Crippen LogP contribution is -2.09. The summed E-state index contributed by atoms with van der Waals surface area (Å²) in [7, 11) is 0. The molecule has 0 spiro atoms. The summed E-state index contributed by atoms with van der Waals surface area (Å²) >= 11 is 0. The maximum atomic E-state index is 2.37. The van der Waals surface area contributed by atoms with Crippen LogP contribution < -0.4 is 4.90 Å². The minimum absolute atomic E-state index is 1.10. The van der Waals surface area contributed by atoms with Crippen LogP contribution >= 0.6 is 0 Å². The highest BCUT2D eigenvalue weighted by Crippen LogP contribution is 2.45. The molecule has 272 valence electrons. The molecule has 0 aliphatic carbocycles. The van der Waals surface area contributed by atoms with E-state index in [0.29, 0.717) is 0 Å². The summed E-state index contributed by atoms with van der Waals surface area (Å²) in [5, 5.41) is 7.54. The summed E-state index contributed by atoms with van der Waals surface area (Å²) in [6.45, 7) is 0. The number of rotatable bonds is 7. The molecule has 2 nitrogen and oxygen atoms in total. The van der Waals surface area contributed by atoms with Crippen LogP contribution in [0.15, 0.2) is 231 Å². The Kier molecular flexibility index (Phi) is 8.19. The lowest BCUT2D eigenvalue weighted by Gasteiger charge is -2.26. The van der Waals surface area contributed by atoms with Gasteiger partial charge in [0.2, 0.25) is 0 Å². The van der Waals surface area contributed by atoms with E-state index in [0.717, 1.165) is 17.1 Å². The first-order valence-corrected chi connectivity index (χ1v) is 19.9. The summed E-state index contributed by atoms with van der Waals surface area (Å²) in [5.41, 5.74) is 14.3. The molecule has 0 aliphatic rings. The zero-order chi connectivity index (χ0) is 38.4. The second-order valence-corrected chi connectivity index (χ2v) is 14.9. The first kappa shape index (κ1) is 33.6. The Morgan fingerprint density at radius 3 is 1.22 bits per heavy atom. The number of nitrogens with zero attached hydrogens (tertiary/aromatic N) is 2. The fourth-order valence-electron chi connectivity index (χ4n) is 8.97. The van der Waals surface area contributed by atoms with Crippen molar-refractivity contribution < 1.29 is 0 Å². The van der Waals surface area contributed by atoms with E-state index in [4.69, 9.17) is 0 Å². The van der Waals surface area contributed by atoms with Crippen molar-refractivity contribution in [1.82, 2.24) is 4.57 Å². The zero-order valence-electron chi connectivity index (χ0n) is 31.8. The van der Waals surface area contributed by atoms with Gasteiger partial charge < -0.3 is 9.47 Å². The van der Waals surface area contributed by atoms with Crippen LogP contribution in [0.3, 0.4) is 0 Å². The molecule has 1 aromatic heterocycles. The van der Waals surface area contributed by atoms with Crippen molar-refractivity contribution in [3.05, 3.63) is 231 Å². The summed E-state index contributed by atoms with van der Waals surface area (Å²) in [4.78, 5) is 2.35. The standard InChI is InChI=1S/C56H38N2/c1-4-16-40(17-5-1)55-48-23-10-12-25-50(48)56(51-26-13-11-24-49(51)55)41-30-35-46(36-31-41)57(43-18-6-2-7-19-43)45-33-28-39(29-34-45)42-32-37-54-52(38-42)47-22-14-15-27-53(47)58(54)44-20-8-3-9-21-44/h1-38H. The largest absolute Gasteiger partial charge is 0.311 e. The van der Waals surface area contributed by atoms with E-state index in [1.165, 1.54) is 82.4 Å². The molecule has 0 N–H and O–H groups in total. The molecule has 0 saturated carbocycles. The highest BCUT2D eigenvalue weighted by molar-refractivity contribution is 6.21. The van der Waals surface area contributed by atoms with Gasteiger partial charge in [0.05, 0.1) is 11.0 Å². The molecule has 10 aromatic carbocycles. The molecule has 0 fully saturated rings. The fourth-order valence-corrected chi connectivity index (χ4v) is 8.97. The van der Waals surface area contributed by atoms with Crippen LogP contribution in [0, 0.1) is 0 Å². The maximum absolute atomic E-state index is 2.37. The van der Waals surface area contributed by atoms with E-state index >= 15 is 0 Å². The number of hydrogen-bond donors (Lipinski definition) is 0. The van der Waals surface area contributed by atoms with Crippen molar-refractivity contribution in [1.29, 1.82) is 0 Å². The molecule has 11 aromatic rings. The van der Waals surface area contributed by atoms with Gasteiger partial charge in [0.25, 0.3) is 0 Å². The van der Waals surface area contributed by atoms with Crippen molar-refractivity contribution >= 4 is 60.4 Å². The molecular weight excluding hydrogens is 701 g/mol. The Labute approximate surface area is 338 Å².